The van der Waals surface area contributed by atoms with Crippen molar-refractivity contribution in [2.45, 2.75) is 26.7 Å². The predicted molar refractivity (Wildman–Crippen MR) is 75.9 cm³/mol. The van der Waals surface area contributed by atoms with Gasteiger partial charge in [-0.25, -0.2) is 4.98 Å². The molecule has 0 radical (unpaired) electrons. The van der Waals surface area contributed by atoms with Crippen molar-refractivity contribution in [1.29, 1.82) is 0 Å². The number of aromatic nitrogens is 2. The lowest BCUT2D eigenvalue weighted by Gasteiger charge is -2.05. The summed E-state index contributed by atoms with van der Waals surface area (Å²) in [5.41, 5.74) is 3.07. The van der Waals surface area contributed by atoms with Gasteiger partial charge in [-0.05, 0) is 34.8 Å². The second-order valence-corrected chi connectivity index (χ2v) is 5.08. The van der Waals surface area contributed by atoms with Crippen LogP contribution in [0.4, 0.5) is 0 Å². The molecule has 0 aliphatic carbocycles. The van der Waals surface area contributed by atoms with Gasteiger partial charge < -0.3 is 4.98 Å². The zero-order valence-corrected chi connectivity index (χ0v) is 12.0. The molecule has 0 aliphatic rings. The molecule has 0 bridgehead atoms. The average molecular weight is 307 g/mol. The summed E-state index contributed by atoms with van der Waals surface area (Å²) >= 11 is 3.26. The van der Waals surface area contributed by atoms with Crippen LogP contribution in [0, 0.1) is 6.92 Å². The van der Waals surface area contributed by atoms with Crippen molar-refractivity contribution in [3.05, 3.63) is 61.7 Å². The molecule has 94 valence electrons. The van der Waals surface area contributed by atoms with Gasteiger partial charge in [-0.15, -0.1) is 0 Å². The quantitative estimate of drug-likeness (QED) is 0.947. The highest BCUT2D eigenvalue weighted by Gasteiger charge is 2.07. The Kier molecular flexibility index (Phi) is 3.97. The van der Waals surface area contributed by atoms with Gasteiger partial charge in [0.25, 0.3) is 5.56 Å². The van der Waals surface area contributed by atoms with Crippen molar-refractivity contribution < 1.29 is 0 Å². The molecule has 2 aromatic rings. The van der Waals surface area contributed by atoms with Crippen molar-refractivity contribution in [2.75, 3.05) is 0 Å². The standard InChI is InChI=1S/C14H15BrN2O/c1-3-11-13(15)14(18)17-12(16-11)8-10-6-4-9(2)5-7-10/h4-7H,3,8H2,1-2H3,(H,16,17,18). The molecular weight excluding hydrogens is 292 g/mol. The Balaban J connectivity index is 2.32. The molecule has 0 amide bonds. The smallest absolute Gasteiger partial charge is 0.265 e. The number of aromatic amines is 1. The van der Waals surface area contributed by atoms with Gasteiger partial charge in [-0.2, -0.15) is 0 Å². The third kappa shape index (κ3) is 2.88. The van der Waals surface area contributed by atoms with Crippen molar-refractivity contribution in [3.63, 3.8) is 0 Å². The number of benzene rings is 1. The minimum absolute atomic E-state index is 0.107. The van der Waals surface area contributed by atoms with Gasteiger partial charge in [0, 0.05) is 6.42 Å². The monoisotopic (exact) mass is 306 g/mol. The van der Waals surface area contributed by atoms with E-state index in [0.29, 0.717) is 16.7 Å². The first kappa shape index (κ1) is 13.0. The van der Waals surface area contributed by atoms with Gasteiger partial charge in [0.05, 0.1) is 5.69 Å². The number of H-pyrrole nitrogens is 1. The Morgan fingerprint density at radius 3 is 2.56 bits per heavy atom. The molecule has 1 aromatic heterocycles. The van der Waals surface area contributed by atoms with Crippen LogP contribution in [-0.4, -0.2) is 9.97 Å². The van der Waals surface area contributed by atoms with Crippen LogP contribution < -0.4 is 5.56 Å². The minimum atomic E-state index is -0.107. The van der Waals surface area contributed by atoms with Crippen LogP contribution in [0.2, 0.25) is 0 Å². The van der Waals surface area contributed by atoms with E-state index in [-0.39, 0.29) is 5.56 Å². The van der Waals surface area contributed by atoms with E-state index in [1.165, 1.54) is 5.56 Å². The molecule has 1 aromatic carbocycles. The lowest BCUT2D eigenvalue weighted by molar-refractivity contribution is 0.876. The van der Waals surface area contributed by atoms with Crippen molar-refractivity contribution in [1.82, 2.24) is 9.97 Å². The van der Waals surface area contributed by atoms with Crippen LogP contribution in [0.1, 0.15) is 29.6 Å². The topological polar surface area (TPSA) is 45.8 Å². The van der Waals surface area contributed by atoms with Crippen LogP contribution in [0.3, 0.4) is 0 Å². The molecule has 4 heteroatoms. The second-order valence-electron chi connectivity index (χ2n) is 4.29. The SMILES string of the molecule is CCc1nc(Cc2ccc(C)cc2)[nH]c(=O)c1Br. The van der Waals surface area contributed by atoms with Gasteiger partial charge in [0.1, 0.15) is 10.3 Å². The fourth-order valence-corrected chi connectivity index (χ4v) is 2.24. The number of nitrogens with one attached hydrogen (secondary N) is 1. The Labute approximate surface area is 114 Å². The first-order valence-electron chi connectivity index (χ1n) is 5.93. The van der Waals surface area contributed by atoms with E-state index >= 15 is 0 Å². The molecular formula is C14H15BrN2O. The van der Waals surface area contributed by atoms with Gasteiger partial charge >= 0.3 is 0 Å². The molecule has 1 heterocycles. The van der Waals surface area contributed by atoms with E-state index in [4.69, 9.17) is 0 Å². The van der Waals surface area contributed by atoms with Crippen molar-refractivity contribution in [3.8, 4) is 0 Å². The highest BCUT2D eigenvalue weighted by Crippen LogP contribution is 2.12. The summed E-state index contributed by atoms with van der Waals surface area (Å²) in [4.78, 5) is 19.0. The third-order valence-electron chi connectivity index (χ3n) is 2.81. The molecule has 3 nitrogen and oxygen atoms in total. The highest BCUT2D eigenvalue weighted by atomic mass is 79.9. The fraction of sp³-hybridized carbons (Fsp3) is 0.286. The number of nitrogens with zero attached hydrogens (tertiary/aromatic N) is 1. The normalized spacial score (nSPS) is 10.6. The van der Waals surface area contributed by atoms with Crippen LogP contribution in [-0.2, 0) is 12.8 Å². The maximum Gasteiger partial charge on any atom is 0.265 e. The van der Waals surface area contributed by atoms with E-state index in [0.717, 1.165) is 17.7 Å². The van der Waals surface area contributed by atoms with E-state index in [9.17, 15) is 4.79 Å². The summed E-state index contributed by atoms with van der Waals surface area (Å²) in [6, 6.07) is 8.24. The summed E-state index contributed by atoms with van der Waals surface area (Å²) in [5, 5.41) is 0. The maximum absolute atomic E-state index is 11.7. The maximum atomic E-state index is 11.7. The number of rotatable bonds is 3. The molecule has 0 saturated carbocycles. The van der Waals surface area contributed by atoms with Gasteiger partial charge in [0.15, 0.2) is 0 Å². The summed E-state index contributed by atoms with van der Waals surface area (Å²) < 4.78 is 0.539. The lowest BCUT2D eigenvalue weighted by atomic mass is 10.1. The molecule has 2 rings (SSSR count). The highest BCUT2D eigenvalue weighted by molar-refractivity contribution is 9.10. The largest absolute Gasteiger partial charge is 0.309 e. The Bertz CT molecular complexity index is 602. The van der Waals surface area contributed by atoms with E-state index in [1.54, 1.807) is 0 Å². The zero-order valence-electron chi connectivity index (χ0n) is 10.5. The Morgan fingerprint density at radius 2 is 1.94 bits per heavy atom. The first-order chi connectivity index (χ1) is 8.60. The van der Waals surface area contributed by atoms with E-state index in [2.05, 4.69) is 57.1 Å². The van der Waals surface area contributed by atoms with E-state index < -0.39 is 0 Å². The predicted octanol–water partition coefficient (Wildman–Crippen LogP) is 2.99. The molecule has 0 unspecified atom stereocenters. The molecule has 0 atom stereocenters. The lowest BCUT2D eigenvalue weighted by Crippen LogP contribution is -2.15. The summed E-state index contributed by atoms with van der Waals surface area (Å²) in [6.07, 6.45) is 1.39. The number of hydrogen-bond acceptors (Lipinski definition) is 2. The molecule has 0 fully saturated rings. The number of aryl methyl sites for hydroxylation is 2. The average Bonchev–Trinajstić information content (AvgIpc) is 2.36. The van der Waals surface area contributed by atoms with E-state index in [1.807, 2.05) is 6.92 Å². The summed E-state index contributed by atoms with van der Waals surface area (Å²) in [6.45, 7) is 4.04. The van der Waals surface area contributed by atoms with Crippen LogP contribution in [0.25, 0.3) is 0 Å². The fourth-order valence-electron chi connectivity index (χ4n) is 1.77. The summed E-state index contributed by atoms with van der Waals surface area (Å²) in [5.74, 6) is 0.712. The molecule has 0 spiro atoms. The Hall–Kier alpha value is -1.42. The van der Waals surface area contributed by atoms with Gasteiger partial charge in [-0.3, -0.25) is 4.79 Å². The van der Waals surface area contributed by atoms with Crippen molar-refractivity contribution >= 4 is 15.9 Å². The molecule has 1 N–H and O–H groups in total. The minimum Gasteiger partial charge on any atom is -0.309 e. The number of hydrogen-bond donors (Lipinski definition) is 1. The molecule has 0 aliphatic heterocycles. The van der Waals surface area contributed by atoms with Gasteiger partial charge in [-0.1, -0.05) is 36.8 Å². The molecule has 18 heavy (non-hydrogen) atoms. The van der Waals surface area contributed by atoms with Crippen LogP contribution >= 0.6 is 15.9 Å². The Morgan fingerprint density at radius 1 is 1.28 bits per heavy atom. The molecule has 0 saturated heterocycles. The van der Waals surface area contributed by atoms with Crippen LogP contribution in [0.5, 0.6) is 0 Å². The van der Waals surface area contributed by atoms with Gasteiger partial charge in [0.2, 0.25) is 0 Å². The van der Waals surface area contributed by atoms with Crippen molar-refractivity contribution in [2.24, 2.45) is 0 Å². The second kappa shape index (κ2) is 5.48. The summed E-state index contributed by atoms with van der Waals surface area (Å²) in [7, 11) is 0. The number of halogens is 1. The van der Waals surface area contributed by atoms with Crippen LogP contribution in [0.15, 0.2) is 33.5 Å². The first-order valence-corrected chi connectivity index (χ1v) is 6.72. The zero-order chi connectivity index (χ0) is 13.1. The third-order valence-corrected chi connectivity index (χ3v) is 3.63.